The van der Waals surface area contributed by atoms with Gasteiger partial charge in [0.25, 0.3) is 0 Å². The Hall–Kier alpha value is -2.17. The highest BCUT2D eigenvalue weighted by molar-refractivity contribution is 5.94. The van der Waals surface area contributed by atoms with Gasteiger partial charge in [-0.15, -0.1) is 24.8 Å². The fourth-order valence-electron chi connectivity index (χ4n) is 2.95. The van der Waals surface area contributed by atoms with Crippen molar-refractivity contribution in [2.75, 3.05) is 11.1 Å². The second-order valence-electron chi connectivity index (χ2n) is 6.03. The van der Waals surface area contributed by atoms with Crippen LogP contribution in [0.15, 0.2) is 54.7 Å². The SMILES string of the molecule is CCCn1ccc2cc(NC(=O)CCc3ccccc3N)ccc21.Cl.Cl. The third-order valence-electron chi connectivity index (χ3n) is 4.20. The van der Waals surface area contributed by atoms with Gasteiger partial charge in [-0.05, 0) is 48.7 Å². The molecule has 3 aromatic rings. The summed E-state index contributed by atoms with van der Waals surface area (Å²) < 4.78 is 2.24. The lowest BCUT2D eigenvalue weighted by Gasteiger charge is -2.08. The van der Waals surface area contributed by atoms with E-state index in [-0.39, 0.29) is 30.7 Å². The maximum Gasteiger partial charge on any atom is 0.224 e. The molecule has 140 valence electrons. The molecule has 0 spiro atoms. The van der Waals surface area contributed by atoms with Crippen LogP contribution >= 0.6 is 24.8 Å². The number of benzene rings is 2. The van der Waals surface area contributed by atoms with Gasteiger partial charge in [-0.25, -0.2) is 0 Å². The van der Waals surface area contributed by atoms with E-state index in [4.69, 9.17) is 5.73 Å². The summed E-state index contributed by atoms with van der Waals surface area (Å²) in [6.07, 6.45) is 4.26. The maximum atomic E-state index is 12.2. The van der Waals surface area contributed by atoms with Gasteiger partial charge in [-0.3, -0.25) is 4.79 Å². The van der Waals surface area contributed by atoms with Crippen molar-refractivity contribution in [2.24, 2.45) is 0 Å². The van der Waals surface area contributed by atoms with Gasteiger partial charge in [-0.1, -0.05) is 25.1 Å². The molecule has 0 unspecified atom stereocenters. The van der Waals surface area contributed by atoms with E-state index < -0.39 is 0 Å². The van der Waals surface area contributed by atoms with Crippen LogP contribution in [0.3, 0.4) is 0 Å². The van der Waals surface area contributed by atoms with Crippen LogP contribution in [0, 0.1) is 0 Å². The molecule has 0 atom stereocenters. The number of amides is 1. The van der Waals surface area contributed by atoms with Crippen molar-refractivity contribution in [3.63, 3.8) is 0 Å². The lowest BCUT2D eigenvalue weighted by molar-refractivity contribution is -0.116. The third-order valence-corrected chi connectivity index (χ3v) is 4.20. The smallest absolute Gasteiger partial charge is 0.224 e. The van der Waals surface area contributed by atoms with Crippen molar-refractivity contribution in [1.29, 1.82) is 0 Å². The van der Waals surface area contributed by atoms with Gasteiger partial charge in [0.15, 0.2) is 0 Å². The summed E-state index contributed by atoms with van der Waals surface area (Å²) in [6, 6.07) is 15.8. The monoisotopic (exact) mass is 393 g/mol. The number of aryl methyl sites for hydroxylation is 2. The standard InChI is InChI=1S/C20H23N3O.2ClH/c1-2-12-23-13-11-16-14-17(8-9-19(16)23)22-20(24)10-7-15-5-3-4-6-18(15)21;;/h3-6,8-9,11,13-14H,2,7,10,12,21H2,1H3,(H,22,24);2*1H. The number of carbonyl (C=O) groups excluding carboxylic acids is 1. The number of rotatable bonds is 6. The predicted molar refractivity (Wildman–Crippen MR) is 115 cm³/mol. The summed E-state index contributed by atoms with van der Waals surface area (Å²) in [5.41, 5.74) is 9.70. The highest BCUT2D eigenvalue weighted by Gasteiger charge is 2.07. The molecule has 1 amide bonds. The largest absolute Gasteiger partial charge is 0.399 e. The number of hydrogen-bond acceptors (Lipinski definition) is 2. The highest BCUT2D eigenvalue weighted by Crippen LogP contribution is 2.21. The quantitative estimate of drug-likeness (QED) is 0.575. The molecule has 0 saturated carbocycles. The Labute approximate surface area is 166 Å². The molecule has 6 heteroatoms. The molecule has 0 saturated heterocycles. The Morgan fingerprint density at radius 1 is 1.12 bits per heavy atom. The molecule has 0 bridgehead atoms. The van der Waals surface area contributed by atoms with Crippen molar-refractivity contribution < 1.29 is 4.79 Å². The van der Waals surface area contributed by atoms with Crippen molar-refractivity contribution in [3.05, 3.63) is 60.3 Å². The highest BCUT2D eigenvalue weighted by atomic mass is 35.5. The molecule has 26 heavy (non-hydrogen) atoms. The van der Waals surface area contributed by atoms with Crippen LogP contribution in [0.5, 0.6) is 0 Å². The molecule has 3 rings (SSSR count). The molecule has 0 radical (unpaired) electrons. The molecular formula is C20H25Cl2N3O. The summed E-state index contributed by atoms with van der Waals surface area (Å²) >= 11 is 0. The lowest BCUT2D eigenvalue weighted by atomic mass is 10.1. The van der Waals surface area contributed by atoms with Gasteiger partial charge in [0.2, 0.25) is 5.91 Å². The van der Waals surface area contributed by atoms with Gasteiger partial charge in [-0.2, -0.15) is 0 Å². The number of nitrogens with one attached hydrogen (secondary N) is 1. The number of halogens is 2. The Morgan fingerprint density at radius 2 is 1.88 bits per heavy atom. The molecule has 1 aromatic heterocycles. The van der Waals surface area contributed by atoms with Crippen molar-refractivity contribution in [3.8, 4) is 0 Å². The van der Waals surface area contributed by atoms with E-state index in [1.54, 1.807) is 0 Å². The molecular weight excluding hydrogens is 369 g/mol. The number of nitrogen functional groups attached to an aromatic ring is 1. The molecule has 0 aliphatic carbocycles. The topological polar surface area (TPSA) is 60.0 Å². The van der Waals surface area contributed by atoms with E-state index in [1.165, 1.54) is 5.52 Å². The molecule has 3 N–H and O–H groups in total. The maximum absolute atomic E-state index is 12.2. The van der Waals surface area contributed by atoms with Crippen LogP contribution < -0.4 is 11.1 Å². The summed E-state index contributed by atoms with van der Waals surface area (Å²) in [5.74, 6) is 0.00518. The lowest BCUT2D eigenvalue weighted by Crippen LogP contribution is -2.12. The predicted octanol–water partition coefficient (Wildman–Crippen LogP) is 5.05. The Kier molecular flexibility index (Phi) is 8.49. The first-order chi connectivity index (χ1) is 11.7. The number of aromatic nitrogens is 1. The van der Waals surface area contributed by atoms with E-state index in [0.717, 1.165) is 35.3 Å². The zero-order chi connectivity index (χ0) is 16.9. The van der Waals surface area contributed by atoms with E-state index in [9.17, 15) is 4.79 Å². The first-order valence-electron chi connectivity index (χ1n) is 8.39. The van der Waals surface area contributed by atoms with Crippen molar-refractivity contribution in [2.45, 2.75) is 32.7 Å². The second-order valence-corrected chi connectivity index (χ2v) is 6.03. The normalized spacial score (nSPS) is 10.0. The first-order valence-corrected chi connectivity index (χ1v) is 8.39. The van der Waals surface area contributed by atoms with Crippen LogP contribution in [-0.4, -0.2) is 10.5 Å². The third kappa shape index (κ3) is 5.16. The summed E-state index contributed by atoms with van der Waals surface area (Å²) in [6.45, 7) is 3.17. The molecule has 2 aromatic carbocycles. The van der Waals surface area contributed by atoms with E-state index in [2.05, 4.69) is 35.1 Å². The van der Waals surface area contributed by atoms with Crippen molar-refractivity contribution >= 4 is 53.0 Å². The average Bonchev–Trinajstić information content (AvgIpc) is 2.97. The van der Waals surface area contributed by atoms with Crippen LogP contribution in [0.1, 0.15) is 25.3 Å². The first kappa shape index (κ1) is 21.9. The van der Waals surface area contributed by atoms with Crippen LogP contribution in [0.4, 0.5) is 11.4 Å². The van der Waals surface area contributed by atoms with Gasteiger partial charge >= 0.3 is 0 Å². The van der Waals surface area contributed by atoms with Crippen molar-refractivity contribution in [1.82, 2.24) is 4.57 Å². The van der Waals surface area contributed by atoms with E-state index >= 15 is 0 Å². The minimum atomic E-state index is 0. The number of para-hydroxylation sites is 1. The Morgan fingerprint density at radius 3 is 2.62 bits per heavy atom. The number of nitrogens with zero attached hydrogens (tertiary/aromatic N) is 1. The summed E-state index contributed by atoms with van der Waals surface area (Å²) in [5, 5.41) is 4.12. The molecule has 0 aliphatic rings. The number of fused-ring (bicyclic) bond motifs is 1. The molecule has 4 nitrogen and oxygen atoms in total. The zero-order valence-corrected chi connectivity index (χ0v) is 16.4. The summed E-state index contributed by atoms with van der Waals surface area (Å²) in [4.78, 5) is 12.2. The molecule has 0 aliphatic heterocycles. The minimum absolute atomic E-state index is 0. The van der Waals surface area contributed by atoms with Gasteiger partial charge in [0.05, 0.1) is 0 Å². The second kappa shape index (κ2) is 10.1. The number of nitrogens with two attached hydrogens (primary N) is 1. The Balaban J connectivity index is 0.00000169. The van der Waals surface area contributed by atoms with Gasteiger partial charge in [0, 0.05) is 41.4 Å². The Bertz CT molecular complexity index is 861. The fraction of sp³-hybridized carbons (Fsp3) is 0.250. The minimum Gasteiger partial charge on any atom is -0.399 e. The average molecular weight is 394 g/mol. The molecule has 0 fully saturated rings. The molecule has 1 heterocycles. The zero-order valence-electron chi connectivity index (χ0n) is 14.8. The van der Waals surface area contributed by atoms with E-state index in [1.807, 2.05) is 36.4 Å². The van der Waals surface area contributed by atoms with Crippen LogP contribution in [0.2, 0.25) is 0 Å². The number of hydrogen-bond donors (Lipinski definition) is 2. The number of anilines is 2. The fourth-order valence-corrected chi connectivity index (χ4v) is 2.95. The van der Waals surface area contributed by atoms with Gasteiger partial charge < -0.3 is 15.6 Å². The van der Waals surface area contributed by atoms with Gasteiger partial charge in [0.1, 0.15) is 0 Å². The number of carbonyl (C=O) groups is 1. The van der Waals surface area contributed by atoms with Crippen LogP contribution in [0.25, 0.3) is 10.9 Å². The van der Waals surface area contributed by atoms with E-state index in [0.29, 0.717) is 12.8 Å². The van der Waals surface area contributed by atoms with Crippen LogP contribution in [-0.2, 0) is 17.8 Å². The summed E-state index contributed by atoms with van der Waals surface area (Å²) in [7, 11) is 0.